The van der Waals surface area contributed by atoms with Crippen molar-refractivity contribution in [2.45, 2.75) is 29.3 Å². The molecule has 0 N–H and O–H groups in total. The standard InChI is InChI=1S/C9H11.2ClH.Zr/c1-2-5-9-7-3-6-8(9)4-1;;;/h3,6-7H,1-2,4-5H2;2*1H;/q;;;+2/p-2. The first kappa shape index (κ1) is 12.9. The predicted molar refractivity (Wildman–Crippen MR) is 38.4 cm³/mol. The van der Waals surface area contributed by atoms with Crippen molar-refractivity contribution in [3.05, 3.63) is 23.3 Å². The van der Waals surface area contributed by atoms with Gasteiger partial charge in [-0.1, -0.05) is 0 Å². The molecule has 0 saturated carbocycles. The number of halogens is 2. The number of hydrogen-bond donors (Lipinski definition) is 0. The minimum absolute atomic E-state index is 0. The fourth-order valence-electron chi connectivity index (χ4n) is 1.83. The Morgan fingerprint density at radius 3 is 2.50 bits per heavy atom. The van der Waals surface area contributed by atoms with Crippen molar-refractivity contribution in [3.63, 3.8) is 0 Å². The molecular formula is C9H11Cl2Zr. The Morgan fingerprint density at radius 1 is 1.17 bits per heavy atom. The second-order valence-corrected chi connectivity index (χ2v) is 4.62. The first-order valence-electron chi connectivity index (χ1n) is 3.99. The first-order valence-corrected chi connectivity index (χ1v) is 5.41. The fourth-order valence-corrected chi connectivity index (χ4v) is 2.87. The van der Waals surface area contributed by atoms with Crippen LogP contribution in [0.3, 0.4) is 0 Å². The molecule has 1 atom stereocenters. The molecule has 2 aliphatic rings. The Balaban J connectivity index is 0.000000605. The van der Waals surface area contributed by atoms with Crippen LogP contribution in [0, 0.1) is 0 Å². The molecule has 12 heavy (non-hydrogen) atoms. The van der Waals surface area contributed by atoms with E-state index < -0.39 is 0 Å². The van der Waals surface area contributed by atoms with Crippen LogP contribution in [-0.2, 0) is 24.7 Å². The van der Waals surface area contributed by atoms with Gasteiger partial charge in [0, 0.05) is 0 Å². The molecule has 0 fully saturated rings. The molecule has 0 spiro atoms. The molecule has 0 radical (unpaired) electrons. The van der Waals surface area contributed by atoms with Crippen LogP contribution < -0.4 is 24.8 Å². The van der Waals surface area contributed by atoms with E-state index >= 15 is 0 Å². The molecule has 65 valence electrons. The molecule has 0 aliphatic heterocycles. The summed E-state index contributed by atoms with van der Waals surface area (Å²) in [4.78, 5) is 0. The molecule has 0 saturated heterocycles. The monoisotopic (exact) mass is 279 g/mol. The first-order chi connectivity index (χ1) is 4.88. The SMILES string of the molecule is [Cl-].[Cl-].[Zr+2][CH]1C=CC2=C1CCCC2. The molecule has 2 rings (SSSR count). The molecule has 0 heterocycles. The molecule has 1 unspecified atom stereocenters. The molecule has 0 bridgehead atoms. The van der Waals surface area contributed by atoms with Crippen molar-refractivity contribution >= 4 is 0 Å². The van der Waals surface area contributed by atoms with E-state index in [4.69, 9.17) is 0 Å². The summed E-state index contributed by atoms with van der Waals surface area (Å²) >= 11 is 1.67. The topological polar surface area (TPSA) is 0 Å². The molecule has 0 aromatic carbocycles. The third kappa shape index (κ3) is 2.47. The van der Waals surface area contributed by atoms with E-state index in [2.05, 4.69) is 12.2 Å². The van der Waals surface area contributed by atoms with Crippen molar-refractivity contribution in [2.75, 3.05) is 0 Å². The van der Waals surface area contributed by atoms with Crippen LogP contribution in [0.25, 0.3) is 0 Å². The van der Waals surface area contributed by atoms with Gasteiger partial charge in [0.2, 0.25) is 0 Å². The van der Waals surface area contributed by atoms with E-state index in [1.807, 2.05) is 0 Å². The summed E-state index contributed by atoms with van der Waals surface area (Å²) < 4.78 is 0.850. The predicted octanol–water partition coefficient (Wildman–Crippen LogP) is -3.23. The van der Waals surface area contributed by atoms with Crippen LogP contribution in [-0.4, -0.2) is 0 Å². The van der Waals surface area contributed by atoms with E-state index in [0.29, 0.717) is 0 Å². The average Bonchev–Trinajstić information content (AvgIpc) is 2.34. The summed E-state index contributed by atoms with van der Waals surface area (Å²) in [5.74, 6) is 0. The van der Waals surface area contributed by atoms with Gasteiger partial charge in [-0.25, -0.2) is 0 Å². The van der Waals surface area contributed by atoms with Gasteiger partial charge in [0.25, 0.3) is 0 Å². The Kier molecular flexibility index (Phi) is 6.07. The zero-order valence-corrected chi connectivity index (χ0v) is 10.8. The van der Waals surface area contributed by atoms with E-state index in [9.17, 15) is 0 Å². The molecule has 0 amide bonds. The van der Waals surface area contributed by atoms with Crippen LogP contribution in [0.4, 0.5) is 0 Å². The third-order valence-electron chi connectivity index (χ3n) is 2.42. The average molecular weight is 281 g/mol. The summed E-state index contributed by atoms with van der Waals surface area (Å²) in [7, 11) is 0. The number of allylic oxidation sites excluding steroid dienone is 4. The van der Waals surface area contributed by atoms with Gasteiger partial charge in [-0.2, -0.15) is 0 Å². The van der Waals surface area contributed by atoms with Gasteiger partial charge < -0.3 is 24.8 Å². The Morgan fingerprint density at radius 2 is 1.83 bits per heavy atom. The van der Waals surface area contributed by atoms with Crippen LogP contribution in [0.2, 0.25) is 3.63 Å². The Hall–Kier alpha value is 0.943. The third-order valence-corrected chi connectivity index (χ3v) is 3.75. The van der Waals surface area contributed by atoms with Crippen molar-refractivity contribution in [2.24, 2.45) is 0 Å². The second kappa shape index (κ2) is 5.63. The zero-order valence-electron chi connectivity index (χ0n) is 6.82. The summed E-state index contributed by atoms with van der Waals surface area (Å²) in [5, 5.41) is 0. The van der Waals surface area contributed by atoms with Gasteiger partial charge in [0.15, 0.2) is 0 Å². The molecule has 3 heteroatoms. The Labute approximate surface area is 102 Å². The van der Waals surface area contributed by atoms with E-state index in [0.717, 1.165) is 3.63 Å². The molecule has 0 nitrogen and oxygen atoms in total. The van der Waals surface area contributed by atoms with Crippen molar-refractivity contribution in [3.8, 4) is 0 Å². The van der Waals surface area contributed by atoms with Gasteiger partial charge in [0.05, 0.1) is 0 Å². The van der Waals surface area contributed by atoms with E-state index in [1.165, 1.54) is 25.7 Å². The summed E-state index contributed by atoms with van der Waals surface area (Å²) in [6, 6.07) is 0. The Bertz CT molecular complexity index is 209. The summed E-state index contributed by atoms with van der Waals surface area (Å²) in [6.07, 6.45) is 10.3. The maximum atomic E-state index is 2.38. The fraction of sp³-hybridized carbons (Fsp3) is 0.556. The molecule has 0 aromatic rings. The van der Waals surface area contributed by atoms with Crippen molar-refractivity contribution in [1.82, 2.24) is 0 Å². The van der Waals surface area contributed by atoms with Crippen molar-refractivity contribution in [1.29, 1.82) is 0 Å². The quantitative estimate of drug-likeness (QED) is 0.438. The minimum atomic E-state index is 0. The van der Waals surface area contributed by atoms with Crippen LogP contribution in [0.15, 0.2) is 23.3 Å². The molecule has 2 aliphatic carbocycles. The van der Waals surface area contributed by atoms with Crippen LogP contribution >= 0.6 is 0 Å². The summed E-state index contributed by atoms with van der Waals surface area (Å²) in [5.41, 5.74) is 3.44. The van der Waals surface area contributed by atoms with Crippen LogP contribution in [0.1, 0.15) is 25.7 Å². The normalized spacial score (nSPS) is 26.0. The van der Waals surface area contributed by atoms with Gasteiger partial charge in [-0.3, -0.25) is 0 Å². The second-order valence-electron chi connectivity index (χ2n) is 3.09. The van der Waals surface area contributed by atoms with Gasteiger partial charge in [-0.05, 0) is 0 Å². The van der Waals surface area contributed by atoms with E-state index in [-0.39, 0.29) is 24.8 Å². The number of hydrogen-bond acceptors (Lipinski definition) is 0. The van der Waals surface area contributed by atoms with Crippen LogP contribution in [0.5, 0.6) is 0 Å². The van der Waals surface area contributed by atoms with Gasteiger partial charge >= 0.3 is 77.3 Å². The number of rotatable bonds is 0. The van der Waals surface area contributed by atoms with Crippen molar-refractivity contribution < 1.29 is 49.5 Å². The summed E-state index contributed by atoms with van der Waals surface area (Å²) in [6.45, 7) is 0. The van der Waals surface area contributed by atoms with Gasteiger partial charge in [0.1, 0.15) is 0 Å². The molecular weight excluding hydrogens is 270 g/mol. The van der Waals surface area contributed by atoms with Gasteiger partial charge in [-0.15, -0.1) is 0 Å². The maximum absolute atomic E-state index is 2.38. The molecule has 0 aromatic heterocycles. The zero-order chi connectivity index (χ0) is 6.97. The van der Waals surface area contributed by atoms with E-state index in [1.54, 1.807) is 35.9 Å².